The number of anilines is 2. The Balaban J connectivity index is 2.19. The number of carbonyl (C=O) groups is 1. The van der Waals surface area contributed by atoms with Crippen molar-refractivity contribution in [3.63, 3.8) is 0 Å². The second-order valence-electron chi connectivity index (χ2n) is 3.70. The first-order chi connectivity index (χ1) is 8.56. The zero-order chi connectivity index (χ0) is 13.1. The molecular formula is C13H10ClIN2O. The first-order valence-corrected chi connectivity index (χ1v) is 6.64. The van der Waals surface area contributed by atoms with Gasteiger partial charge in [-0.05, 0) is 59.0 Å². The van der Waals surface area contributed by atoms with Crippen LogP contribution in [0.4, 0.5) is 11.4 Å². The van der Waals surface area contributed by atoms with E-state index in [9.17, 15) is 4.79 Å². The SMILES string of the molecule is Nc1ccc(C(=O)Nc2cccc(I)c2)cc1Cl. The number of carbonyl (C=O) groups excluding carboxylic acids is 1. The van der Waals surface area contributed by atoms with Crippen LogP contribution < -0.4 is 11.1 Å². The number of nitrogens with two attached hydrogens (primary N) is 1. The van der Waals surface area contributed by atoms with Crippen LogP contribution >= 0.6 is 34.2 Å². The second-order valence-corrected chi connectivity index (χ2v) is 5.35. The average molecular weight is 373 g/mol. The molecule has 2 rings (SSSR count). The third-order valence-electron chi connectivity index (χ3n) is 2.35. The Labute approximate surface area is 123 Å². The maximum atomic E-state index is 12.0. The summed E-state index contributed by atoms with van der Waals surface area (Å²) < 4.78 is 1.06. The Hall–Kier alpha value is -1.27. The summed E-state index contributed by atoms with van der Waals surface area (Å²) in [6.07, 6.45) is 0. The molecule has 0 radical (unpaired) electrons. The van der Waals surface area contributed by atoms with Crippen LogP contribution in [-0.4, -0.2) is 5.91 Å². The normalized spacial score (nSPS) is 10.1. The van der Waals surface area contributed by atoms with Gasteiger partial charge >= 0.3 is 0 Å². The van der Waals surface area contributed by atoms with Crippen LogP contribution in [0.25, 0.3) is 0 Å². The molecule has 3 nitrogen and oxygen atoms in total. The van der Waals surface area contributed by atoms with Crippen molar-refractivity contribution in [2.75, 3.05) is 11.1 Å². The summed E-state index contributed by atoms with van der Waals surface area (Å²) in [6, 6.07) is 12.4. The molecular weight excluding hydrogens is 363 g/mol. The molecule has 92 valence electrons. The van der Waals surface area contributed by atoms with E-state index in [0.29, 0.717) is 16.3 Å². The molecule has 0 unspecified atom stereocenters. The van der Waals surface area contributed by atoms with E-state index in [1.807, 2.05) is 24.3 Å². The monoisotopic (exact) mass is 372 g/mol. The van der Waals surface area contributed by atoms with Gasteiger partial charge in [-0.2, -0.15) is 0 Å². The minimum absolute atomic E-state index is 0.209. The van der Waals surface area contributed by atoms with Crippen molar-refractivity contribution in [1.29, 1.82) is 0 Å². The number of hydrogen-bond donors (Lipinski definition) is 2. The minimum atomic E-state index is -0.209. The Morgan fingerprint density at radius 3 is 2.67 bits per heavy atom. The first-order valence-electron chi connectivity index (χ1n) is 5.18. The van der Waals surface area contributed by atoms with Gasteiger partial charge in [-0.15, -0.1) is 0 Å². The number of nitrogens with one attached hydrogen (secondary N) is 1. The number of nitrogen functional groups attached to an aromatic ring is 1. The van der Waals surface area contributed by atoms with Crippen LogP contribution in [0.2, 0.25) is 5.02 Å². The van der Waals surface area contributed by atoms with Gasteiger partial charge in [-0.3, -0.25) is 4.79 Å². The molecule has 0 aliphatic carbocycles. The standard InChI is InChI=1S/C13H10ClIN2O/c14-11-6-8(4-5-12(11)16)13(18)17-10-3-1-2-9(15)7-10/h1-7H,16H2,(H,17,18). The van der Waals surface area contributed by atoms with Crippen LogP contribution in [0.3, 0.4) is 0 Å². The van der Waals surface area contributed by atoms with Gasteiger partial charge in [-0.25, -0.2) is 0 Å². The fraction of sp³-hybridized carbons (Fsp3) is 0. The number of rotatable bonds is 2. The predicted octanol–water partition coefficient (Wildman–Crippen LogP) is 3.78. The lowest BCUT2D eigenvalue weighted by Crippen LogP contribution is -2.12. The van der Waals surface area contributed by atoms with Crippen LogP contribution in [0.5, 0.6) is 0 Å². The van der Waals surface area contributed by atoms with Crippen molar-refractivity contribution in [3.8, 4) is 0 Å². The van der Waals surface area contributed by atoms with Crippen LogP contribution in [-0.2, 0) is 0 Å². The summed E-state index contributed by atoms with van der Waals surface area (Å²) in [4.78, 5) is 12.0. The highest BCUT2D eigenvalue weighted by molar-refractivity contribution is 14.1. The van der Waals surface area contributed by atoms with E-state index in [1.165, 1.54) is 0 Å². The van der Waals surface area contributed by atoms with Gasteiger partial charge in [0.2, 0.25) is 0 Å². The van der Waals surface area contributed by atoms with Gasteiger partial charge in [-0.1, -0.05) is 17.7 Å². The molecule has 0 spiro atoms. The number of halogens is 2. The molecule has 2 aromatic rings. The summed E-state index contributed by atoms with van der Waals surface area (Å²) in [5.41, 5.74) is 7.29. The zero-order valence-electron chi connectivity index (χ0n) is 9.28. The van der Waals surface area contributed by atoms with E-state index >= 15 is 0 Å². The van der Waals surface area contributed by atoms with Gasteiger partial charge in [0.1, 0.15) is 0 Å². The van der Waals surface area contributed by atoms with Crippen molar-refractivity contribution < 1.29 is 4.79 Å². The molecule has 0 bridgehead atoms. The average Bonchev–Trinajstić information content (AvgIpc) is 2.32. The van der Waals surface area contributed by atoms with E-state index in [1.54, 1.807) is 18.2 Å². The maximum Gasteiger partial charge on any atom is 0.255 e. The number of hydrogen-bond acceptors (Lipinski definition) is 2. The molecule has 0 saturated heterocycles. The first kappa shape index (κ1) is 13.2. The molecule has 0 saturated carbocycles. The Morgan fingerprint density at radius 1 is 1.22 bits per heavy atom. The summed E-state index contributed by atoms with van der Waals surface area (Å²) in [7, 11) is 0. The predicted molar refractivity (Wildman–Crippen MR) is 83.0 cm³/mol. The van der Waals surface area contributed by atoms with Gasteiger partial charge < -0.3 is 11.1 Å². The fourth-order valence-corrected chi connectivity index (χ4v) is 2.16. The molecule has 5 heteroatoms. The molecule has 0 aliphatic rings. The summed E-state index contributed by atoms with van der Waals surface area (Å²) in [6.45, 7) is 0. The van der Waals surface area contributed by atoms with Crippen molar-refractivity contribution >= 4 is 51.5 Å². The Kier molecular flexibility index (Phi) is 4.08. The summed E-state index contributed by atoms with van der Waals surface area (Å²) in [5, 5.41) is 3.18. The smallest absolute Gasteiger partial charge is 0.255 e. The van der Waals surface area contributed by atoms with E-state index < -0.39 is 0 Å². The maximum absolute atomic E-state index is 12.0. The topological polar surface area (TPSA) is 55.1 Å². The highest BCUT2D eigenvalue weighted by Gasteiger charge is 2.08. The van der Waals surface area contributed by atoms with E-state index in [-0.39, 0.29) is 5.91 Å². The van der Waals surface area contributed by atoms with Crippen LogP contribution in [0, 0.1) is 3.57 Å². The lowest BCUT2D eigenvalue weighted by Gasteiger charge is -2.06. The van der Waals surface area contributed by atoms with Gasteiger partial charge in [0.05, 0.1) is 10.7 Å². The molecule has 0 atom stereocenters. The number of amides is 1. The van der Waals surface area contributed by atoms with E-state index in [0.717, 1.165) is 9.26 Å². The molecule has 2 aromatic carbocycles. The second kappa shape index (κ2) is 5.58. The van der Waals surface area contributed by atoms with Crippen LogP contribution in [0.1, 0.15) is 10.4 Å². The fourth-order valence-electron chi connectivity index (χ4n) is 1.44. The van der Waals surface area contributed by atoms with E-state index in [2.05, 4.69) is 27.9 Å². The highest BCUT2D eigenvalue weighted by atomic mass is 127. The Morgan fingerprint density at radius 2 is 2.00 bits per heavy atom. The third-order valence-corrected chi connectivity index (χ3v) is 3.34. The zero-order valence-corrected chi connectivity index (χ0v) is 12.2. The summed E-state index contributed by atoms with van der Waals surface area (Å²) >= 11 is 8.07. The van der Waals surface area contributed by atoms with Crippen molar-refractivity contribution in [2.45, 2.75) is 0 Å². The highest BCUT2D eigenvalue weighted by Crippen LogP contribution is 2.20. The molecule has 0 fully saturated rings. The van der Waals surface area contributed by atoms with Crippen LogP contribution in [0.15, 0.2) is 42.5 Å². The van der Waals surface area contributed by atoms with Crippen molar-refractivity contribution in [3.05, 3.63) is 56.6 Å². The van der Waals surface area contributed by atoms with E-state index in [4.69, 9.17) is 17.3 Å². The van der Waals surface area contributed by atoms with Crippen molar-refractivity contribution in [1.82, 2.24) is 0 Å². The Bertz CT molecular complexity index is 601. The molecule has 0 heterocycles. The quantitative estimate of drug-likeness (QED) is 0.623. The molecule has 1 amide bonds. The molecule has 0 aromatic heterocycles. The largest absolute Gasteiger partial charge is 0.398 e. The molecule has 3 N–H and O–H groups in total. The molecule has 0 aliphatic heterocycles. The van der Waals surface area contributed by atoms with Crippen molar-refractivity contribution in [2.24, 2.45) is 0 Å². The number of benzene rings is 2. The van der Waals surface area contributed by atoms with Gasteiger partial charge in [0.25, 0.3) is 5.91 Å². The third kappa shape index (κ3) is 3.14. The van der Waals surface area contributed by atoms with Gasteiger partial charge in [0.15, 0.2) is 0 Å². The van der Waals surface area contributed by atoms with Gasteiger partial charge in [0, 0.05) is 14.8 Å². The molecule has 18 heavy (non-hydrogen) atoms. The minimum Gasteiger partial charge on any atom is -0.398 e. The lowest BCUT2D eigenvalue weighted by atomic mass is 10.2. The summed E-state index contributed by atoms with van der Waals surface area (Å²) in [5.74, 6) is -0.209. The lowest BCUT2D eigenvalue weighted by molar-refractivity contribution is 0.102.